The van der Waals surface area contributed by atoms with Gasteiger partial charge in [0.1, 0.15) is 5.54 Å². The van der Waals surface area contributed by atoms with E-state index in [4.69, 9.17) is 17.2 Å². The van der Waals surface area contributed by atoms with Crippen molar-refractivity contribution in [3.63, 3.8) is 0 Å². The second-order valence-corrected chi connectivity index (χ2v) is 9.74. The number of nitro benzene ring substituents is 1. The molecule has 0 saturated carbocycles. The number of hydrogen-bond donors (Lipinski definition) is 5. The maximum atomic E-state index is 13.7. The molecule has 1 aromatic heterocycles. The lowest BCUT2D eigenvalue weighted by molar-refractivity contribution is -0.384. The largest absolute Gasteiger partial charge is 0.398 e. The van der Waals surface area contributed by atoms with E-state index in [9.17, 15) is 19.7 Å². The number of nitrogens with one attached hydrogen (secondary N) is 2. The molecule has 1 saturated heterocycles. The first-order valence-corrected chi connectivity index (χ1v) is 11.8. The summed E-state index contributed by atoms with van der Waals surface area (Å²) in [5, 5.41) is 18.0. The lowest BCUT2D eigenvalue weighted by Crippen LogP contribution is -2.52. The van der Waals surface area contributed by atoms with Crippen molar-refractivity contribution in [2.75, 3.05) is 18.8 Å². The smallest absolute Gasteiger partial charge is 0.269 e. The molecule has 1 aliphatic carbocycles. The van der Waals surface area contributed by atoms with Crippen LogP contribution in [0.3, 0.4) is 0 Å². The van der Waals surface area contributed by atoms with Crippen LogP contribution in [0.1, 0.15) is 45.2 Å². The molecule has 3 atom stereocenters. The van der Waals surface area contributed by atoms with Crippen molar-refractivity contribution in [2.24, 2.45) is 11.5 Å². The van der Waals surface area contributed by atoms with Crippen LogP contribution in [0.5, 0.6) is 0 Å². The third-order valence-corrected chi connectivity index (χ3v) is 7.94. The number of anilines is 1. The number of rotatable bonds is 4. The zero-order valence-corrected chi connectivity index (χ0v) is 19.0. The molecule has 2 heterocycles. The Hall–Kier alpha value is -3.38. The first kappa shape index (κ1) is 22.4. The summed E-state index contributed by atoms with van der Waals surface area (Å²) in [4.78, 5) is 37.8. The average Bonchev–Trinajstić information content (AvgIpc) is 3.25. The van der Waals surface area contributed by atoms with Crippen LogP contribution in [-0.2, 0) is 10.3 Å². The van der Waals surface area contributed by atoms with Crippen LogP contribution in [0.15, 0.2) is 36.4 Å². The van der Waals surface area contributed by atoms with Gasteiger partial charge in [-0.05, 0) is 48.7 Å². The number of piperidine rings is 1. The molecule has 5 rings (SSSR count). The van der Waals surface area contributed by atoms with E-state index in [-0.39, 0.29) is 17.6 Å². The predicted octanol–water partition coefficient (Wildman–Crippen LogP) is 1.66. The quantitative estimate of drug-likeness (QED) is 0.212. The van der Waals surface area contributed by atoms with E-state index in [0.717, 1.165) is 19.4 Å². The molecule has 10 nitrogen and oxygen atoms in total. The number of nitro groups is 1. The molecule has 1 fully saturated rings. The van der Waals surface area contributed by atoms with Crippen LogP contribution in [0.25, 0.3) is 10.1 Å². The van der Waals surface area contributed by atoms with Crippen LogP contribution < -0.4 is 27.8 Å². The summed E-state index contributed by atoms with van der Waals surface area (Å²) in [5.41, 5.74) is 19.4. The molecule has 3 unspecified atom stereocenters. The predicted molar refractivity (Wildman–Crippen MR) is 130 cm³/mol. The second kappa shape index (κ2) is 8.13. The van der Waals surface area contributed by atoms with Gasteiger partial charge in [-0.15, -0.1) is 11.3 Å². The molecule has 0 bridgehead atoms. The number of hydrogen-bond acceptors (Lipinski definition) is 9. The van der Waals surface area contributed by atoms with Crippen molar-refractivity contribution in [1.82, 2.24) is 10.6 Å². The van der Waals surface area contributed by atoms with Crippen LogP contribution in [0, 0.1) is 10.1 Å². The van der Waals surface area contributed by atoms with Gasteiger partial charge < -0.3 is 27.8 Å². The molecule has 2 aromatic carbocycles. The van der Waals surface area contributed by atoms with Gasteiger partial charge in [-0.3, -0.25) is 19.7 Å². The average molecular weight is 481 g/mol. The molecule has 2 aliphatic rings. The molecule has 3 aromatic rings. The van der Waals surface area contributed by atoms with Gasteiger partial charge in [0.25, 0.3) is 11.6 Å². The van der Waals surface area contributed by atoms with Crippen LogP contribution in [0.4, 0.5) is 11.4 Å². The minimum absolute atomic E-state index is 0.0142. The maximum Gasteiger partial charge on any atom is 0.269 e. The number of nitrogens with two attached hydrogens (primary N) is 3. The molecule has 34 heavy (non-hydrogen) atoms. The fraction of sp³-hybridized carbons (Fsp3) is 0.304. The summed E-state index contributed by atoms with van der Waals surface area (Å²) in [6.45, 7) is 1.59. The molecule has 11 heteroatoms. The van der Waals surface area contributed by atoms with Gasteiger partial charge in [0.15, 0.2) is 5.78 Å². The highest BCUT2D eigenvalue weighted by Crippen LogP contribution is 2.49. The molecule has 0 radical (unpaired) electrons. The van der Waals surface area contributed by atoms with Gasteiger partial charge in [0, 0.05) is 41.4 Å². The van der Waals surface area contributed by atoms with E-state index in [1.807, 2.05) is 0 Å². The standard InChI is InChI=1S/C23H24N6O4S/c24-15-8-7-14-16-17(20(34-19(15)16)22(31)28-12-2-1-9-27-10-12)18(25)21(30)23(14,26)11-3-5-13(6-4-11)29(32)33/h3-8,12,18,27H,1-2,9-10,24-26H2,(H,28,31). The fourth-order valence-corrected chi connectivity index (χ4v) is 6.12. The number of nitrogen functional groups attached to an aromatic ring is 1. The Morgan fingerprint density at radius 3 is 2.62 bits per heavy atom. The lowest BCUT2D eigenvalue weighted by atomic mass is 9.70. The highest BCUT2D eigenvalue weighted by atomic mass is 32.1. The molecule has 1 amide bonds. The summed E-state index contributed by atoms with van der Waals surface area (Å²) >= 11 is 1.20. The maximum absolute atomic E-state index is 13.7. The Morgan fingerprint density at radius 2 is 1.97 bits per heavy atom. The number of Topliss-reactive ketones (excluding diaryl/α,β-unsaturated/α-hetero) is 1. The topological polar surface area (TPSA) is 179 Å². The normalized spacial score (nSPS) is 24.2. The monoisotopic (exact) mass is 480 g/mol. The van der Waals surface area contributed by atoms with Crippen molar-refractivity contribution in [2.45, 2.75) is 30.5 Å². The number of thiophene rings is 1. The number of non-ortho nitro benzene ring substituents is 1. The molecule has 8 N–H and O–H groups in total. The zero-order chi connectivity index (χ0) is 24.2. The van der Waals surface area contributed by atoms with E-state index in [0.29, 0.717) is 43.9 Å². The summed E-state index contributed by atoms with van der Waals surface area (Å²) in [6, 6.07) is 7.69. The van der Waals surface area contributed by atoms with E-state index in [2.05, 4.69) is 10.6 Å². The lowest BCUT2D eigenvalue weighted by Gasteiger charge is -2.36. The molecule has 1 aliphatic heterocycles. The molecular formula is C23H24N6O4S. The van der Waals surface area contributed by atoms with Gasteiger partial charge in [-0.2, -0.15) is 0 Å². The zero-order valence-electron chi connectivity index (χ0n) is 18.2. The molecule has 0 spiro atoms. The number of nitrogens with zero attached hydrogens (tertiary/aromatic N) is 1. The van der Waals surface area contributed by atoms with Crippen molar-refractivity contribution in [3.8, 4) is 0 Å². The molecule has 176 valence electrons. The van der Waals surface area contributed by atoms with Crippen molar-refractivity contribution < 1.29 is 14.5 Å². The van der Waals surface area contributed by atoms with Crippen molar-refractivity contribution in [1.29, 1.82) is 0 Å². The minimum atomic E-state index is -1.64. The Morgan fingerprint density at radius 1 is 1.24 bits per heavy atom. The second-order valence-electron chi connectivity index (χ2n) is 8.72. The number of amides is 1. The van der Waals surface area contributed by atoms with Crippen LogP contribution in [0.2, 0.25) is 0 Å². The van der Waals surface area contributed by atoms with Crippen molar-refractivity contribution >= 4 is 44.5 Å². The van der Waals surface area contributed by atoms with E-state index in [1.165, 1.54) is 35.6 Å². The Kier molecular flexibility index (Phi) is 5.36. The third kappa shape index (κ3) is 3.28. The van der Waals surface area contributed by atoms with Gasteiger partial charge in [0.2, 0.25) is 0 Å². The Labute approximate surface area is 198 Å². The highest BCUT2D eigenvalue weighted by molar-refractivity contribution is 7.21. The summed E-state index contributed by atoms with van der Waals surface area (Å²) in [5.74, 6) is -0.787. The van der Waals surface area contributed by atoms with Gasteiger partial charge in [0.05, 0.1) is 20.5 Å². The Bertz CT molecular complexity index is 1330. The van der Waals surface area contributed by atoms with Gasteiger partial charge >= 0.3 is 0 Å². The highest BCUT2D eigenvalue weighted by Gasteiger charge is 2.48. The first-order chi connectivity index (χ1) is 16.2. The fourth-order valence-electron chi connectivity index (χ4n) is 4.92. The number of benzene rings is 2. The summed E-state index contributed by atoms with van der Waals surface area (Å²) < 4.78 is 0.638. The number of carbonyl (C=O) groups excluding carboxylic acids is 2. The van der Waals surface area contributed by atoms with E-state index in [1.54, 1.807) is 12.1 Å². The first-order valence-electron chi connectivity index (χ1n) is 10.9. The van der Waals surface area contributed by atoms with E-state index < -0.39 is 22.3 Å². The van der Waals surface area contributed by atoms with Crippen molar-refractivity contribution in [3.05, 3.63) is 68.1 Å². The van der Waals surface area contributed by atoms with Crippen LogP contribution >= 0.6 is 11.3 Å². The minimum Gasteiger partial charge on any atom is -0.398 e. The van der Waals surface area contributed by atoms with E-state index >= 15 is 0 Å². The number of carbonyl (C=O) groups is 2. The molecular weight excluding hydrogens is 456 g/mol. The third-order valence-electron chi connectivity index (χ3n) is 6.68. The number of ketones is 1. The SMILES string of the molecule is Nc1ccc2c3c(c(C(=O)NC4CCCNC4)sc13)C(N)C(=O)C2(N)c1ccc([N+](=O)[O-])cc1. The summed E-state index contributed by atoms with van der Waals surface area (Å²) in [7, 11) is 0. The van der Waals surface area contributed by atoms with Gasteiger partial charge in [-0.1, -0.05) is 6.07 Å². The Balaban J connectivity index is 1.66. The summed E-state index contributed by atoms with van der Waals surface area (Å²) in [6.07, 6.45) is 1.83. The van der Waals surface area contributed by atoms with Gasteiger partial charge in [-0.25, -0.2) is 0 Å². The van der Waals surface area contributed by atoms with Crippen LogP contribution in [-0.4, -0.2) is 35.7 Å².